The number of nitrogens with zero attached hydrogens (tertiary/aromatic N) is 4. The quantitative estimate of drug-likeness (QED) is 0.508. The number of pyridine rings is 2. The Hall–Kier alpha value is -3.94. The van der Waals surface area contributed by atoms with E-state index in [4.69, 9.17) is 15.6 Å². The van der Waals surface area contributed by atoms with E-state index in [2.05, 4.69) is 15.1 Å². The molecule has 0 spiro atoms. The van der Waals surface area contributed by atoms with Crippen molar-refractivity contribution in [2.75, 3.05) is 5.73 Å². The van der Waals surface area contributed by atoms with Crippen LogP contribution in [0.25, 0.3) is 16.9 Å². The van der Waals surface area contributed by atoms with E-state index < -0.39 is 5.97 Å². The summed E-state index contributed by atoms with van der Waals surface area (Å²) in [5.74, 6) is 0.453. The Kier molecular flexibility index (Phi) is 5.79. The van der Waals surface area contributed by atoms with E-state index in [1.165, 1.54) is 0 Å². The minimum absolute atomic E-state index is 0.0185. The standard InChI is InChI=1S/C19H17N5O.C4H6O2/c1-13-5-6-14(11-21-13)12-25-16-9-7-15(8-10-16)17-3-2-4-18-22-19(20)23-24(17)18;5-4(6)3-1-2-3/h2-11H,12H2,1H3,(H2,20,23);3H,1-2H2,(H,5,6). The van der Waals surface area contributed by atoms with Crippen LogP contribution in [0.2, 0.25) is 0 Å². The van der Waals surface area contributed by atoms with Crippen LogP contribution in [0.5, 0.6) is 5.75 Å². The maximum absolute atomic E-state index is 9.76. The van der Waals surface area contributed by atoms with E-state index in [9.17, 15) is 4.79 Å². The van der Waals surface area contributed by atoms with Crippen LogP contribution in [0.4, 0.5) is 5.95 Å². The molecule has 5 rings (SSSR count). The van der Waals surface area contributed by atoms with Gasteiger partial charge in [-0.1, -0.05) is 12.1 Å². The van der Waals surface area contributed by atoms with Crippen molar-refractivity contribution in [3.63, 3.8) is 0 Å². The molecular weight excluding hydrogens is 394 g/mol. The first-order valence-electron chi connectivity index (χ1n) is 9.98. The minimum Gasteiger partial charge on any atom is -0.489 e. The molecule has 0 unspecified atom stereocenters. The van der Waals surface area contributed by atoms with Gasteiger partial charge in [-0.25, -0.2) is 4.52 Å². The molecule has 3 N–H and O–H groups in total. The fraction of sp³-hybridized carbons (Fsp3) is 0.217. The number of fused-ring (bicyclic) bond motifs is 1. The van der Waals surface area contributed by atoms with E-state index in [-0.39, 0.29) is 11.9 Å². The highest BCUT2D eigenvalue weighted by Crippen LogP contribution is 2.28. The number of aliphatic carboxylic acids is 1. The Bertz CT molecular complexity index is 1180. The molecule has 8 heteroatoms. The van der Waals surface area contributed by atoms with Gasteiger partial charge in [0.1, 0.15) is 12.4 Å². The van der Waals surface area contributed by atoms with Gasteiger partial charge in [-0.3, -0.25) is 9.78 Å². The predicted molar refractivity (Wildman–Crippen MR) is 117 cm³/mol. The van der Waals surface area contributed by atoms with Crippen LogP contribution in [-0.2, 0) is 11.4 Å². The topological polar surface area (TPSA) is 116 Å². The summed E-state index contributed by atoms with van der Waals surface area (Å²) in [6, 6.07) is 17.7. The molecule has 1 aliphatic rings. The number of carbonyl (C=O) groups is 1. The number of aryl methyl sites for hydroxylation is 1. The van der Waals surface area contributed by atoms with Gasteiger partial charge < -0.3 is 15.6 Å². The molecule has 1 aliphatic carbocycles. The first kappa shape index (κ1) is 20.3. The van der Waals surface area contributed by atoms with Gasteiger partial charge in [0.25, 0.3) is 0 Å². The lowest BCUT2D eigenvalue weighted by atomic mass is 10.1. The number of ether oxygens (including phenoxy) is 1. The van der Waals surface area contributed by atoms with Crippen molar-refractivity contribution in [2.45, 2.75) is 26.4 Å². The maximum atomic E-state index is 9.76. The first-order valence-corrected chi connectivity index (χ1v) is 9.98. The van der Waals surface area contributed by atoms with Crippen LogP contribution >= 0.6 is 0 Å². The minimum atomic E-state index is -0.630. The Morgan fingerprint density at radius 2 is 1.94 bits per heavy atom. The van der Waals surface area contributed by atoms with Crippen LogP contribution in [0.3, 0.4) is 0 Å². The van der Waals surface area contributed by atoms with Gasteiger partial charge in [0.15, 0.2) is 5.65 Å². The van der Waals surface area contributed by atoms with Crippen molar-refractivity contribution in [1.29, 1.82) is 0 Å². The van der Waals surface area contributed by atoms with Crippen LogP contribution in [0.15, 0.2) is 60.8 Å². The van der Waals surface area contributed by atoms with Gasteiger partial charge >= 0.3 is 5.97 Å². The number of anilines is 1. The first-order chi connectivity index (χ1) is 15.0. The number of rotatable bonds is 5. The van der Waals surface area contributed by atoms with Crippen molar-refractivity contribution in [3.05, 3.63) is 72.1 Å². The van der Waals surface area contributed by atoms with Gasteiger partial charge in [-0.05, 0) is 62.2 Å². The molecule has 0 radical (unpaired) electrons. The SMILES string of the molecule is Cc1ccc(COc2ccc(-c3cccc4nc(N)nn34)cc2)cn1.O=C(O)C1CC1. The van der Waals surface area contributed by atoms with Gasteiger partial charge in [-0.15, -0.1) is 5.10 Å². The molecule has 0 bridgehead atoms. The second-order valence-electron chi connectivity index (χ2n) is 7.38. The summed E-state index contributed by atoms with van der Waals surface area (Å²) in [7, 11) is 0. The Morgan fingerprint density at radius 3 is 2.55 bits per heavy atom. The number of aromatic nitrogens is 4. The average molecular weight is 417 g/mol. The van der Waals surface area contributed by atoms with Crippen LogP contribution in [0, 0.1) is 12.8 Å². The van der Waals surface area contributed by atoms with E-state index in [1.807, 2.05) is 67.7 Å². The number of benzene rings is 1. The summed E-state index contributed by atoms with van der Waals surface area (Å²) >= 11 is 0. The molecular formula is C23H23N5O3. The largest absolute Gasteiger partial charge is 0.489 e. The summed E-state index contributed by atoms with van der Waals surface area (Å²) in [5, 5.41) is 12.3. The molecule has 1 saturated carbocycles. The molecule has 0 atom stereocenters. The molecule has 0 saturated heterocycles. The molecule has 158 valence electrons. The zero-order valence-corrected chi connectivity index (χ0v) is 17.1. The van der Waals surface area contributed by atoms with Crippen molar-refractivity contribution >= 4 is 17.6 Å². The third kappa shape index (κ3) is 5.16. The van der Waals surface area contributed by atoms with Gasteiger partial charge in [0.05, 0.1) is 11.6 Å². The zero-order valence-electron chi connectivity index (χ0n) is 17.1. The molecule has 8 nitrogen and oxygen atoms in total. The zero-order chi connectivity index (χ0) is 21.8. The fourth-order valence-electron chi connectivity index (χ4n) is 2.94. The lowest BCUT2D eigenvalue weighted by Crippen LogP contribution is -1.97. The lowest BCUT2D eigenvalue weighted by molar-refractivity contribution is -0.138. The summed E-state index contributed by atoms with van der Waals surface area (Å²) < 4.78 is 7.56. The van der Waals surface area contributed by atoms with Gasteiger partial charge in [0, 0.05) is 23.0 Å². The normalized spacial score (nSPS) is 12.8. The Morgan fingerprint density at radius 1 is 1.16 bits per heavy atom. The molecule has 4 aromatic rings. The highest BCUT2D eigenvalue weighted by atomic mass is 16.5. The second-order valence-corrected chi connectivity index (χ2v) is 7.38. The number of nitrogen functional groups attached to an aromatic ring is 1. The molecule has 31 heavy (non-hydrogen) atoms. The lowest BCUT2D eigenvalue weighted by Gasteiger charge is -2.08. The summed E-state index contributed by atoms with van der Waals surface area (Å²) in [6.45, 7) is 2.45. The smallest absolute Gasteiger partial charge is 0.306 e. The van der Waals surface area contributed by atoms with Crippen molar-refractivity contribution in [3.8, 4) is 17.0 Å². The third-order valence-corrected chi connectivity index (χ3v) is 4.83. The van der Waals surface area contributed by atoms with E-state index in [1.54, 1.807) is 4.52 Å². The fourth-order valence-corrected chi connectivity index (χ4v) is 2.94. The number of hydrogen-bond donors (Lipinski definition) is 2. The van der Waals surface area contributed by atoms with Crippen LogP contribution in [-0.4, -0.2) is 30.7 Å². The van der Waals surface area contributed by atoms with Gasteiger partial charge in [-0.2, -0.15) is 4.98 Å². The van der Waals surface area contributed by atoms with E-state index >= 15 is 0 Å². The monoisotopic (exact) mass is 417 g/mol. The number of nitrogens with two attached hydrogens (primary N) is 1. The number of carboxylic acid groups (broad SMARTS) is 1. The Balaban J connectivity index is 0.000000334. The van der Waals surface area contributed by atoms with Crippen molar-refractivity contribution in [1.82, 2.24) is 19.6 Å². The summed E-state index contributed by atoms with van der Waals surface area (Å²) in [4.78, 5) is 18.2. The molecule has 1 aromatic carbocycles. The molecule has 3 aromatic heterocycles. The summed E-state index contributed by atoms with van der Waals surface area (Å²) in [6.07, 6.45) is 3.63. The molecule has 1 fully saturated rings. The third-order valence-electron chi connectivity index (χ3n) is 4.83. The maximum Gasteiger partial charge on any atom is 0.306 e. The van der Waals surface area contributed by atoms with Crippen LogP contribution < -0.4 is 10.5 Å². The van der Waals surface area contributed by atoms with Gasteiger partial charge in [0.2, 0.25) is 5.95 Å². The molecule has 3 heterocycles. The Labute approximate surface area is 179 Å². The van der Waals surface area contributed by atoms with Crippen molar-refractivity contribution < 1.29 is 14.6 Å². The highest BCUT2D eigenvalue weighted by molar-refractivity contribution is 5.72. The second kappa shape index (κ2) is 8.83. The number of hydrogen-bond acceptors (Lipinski definition) is 6. The van der Waals surface area contributed by atoms with Crippen LogP contribution in [0.1, 0.15) is 24.1 Å². The van der Waals surface area contributed by atoms with E-state index in [0.717, 1.165) is 46.8 Å². The summed E-state index contributed by atoms with van der Waals surface area (Å²) in [5.41, 5.74) is 10.4. The average Bonchev–Trinajstić information content (AvgIpc) is 3.55. The van der Waals surface area contributed by atoms with Crippen molar-refractivity contribution in [2.24, 2.45) is 5.92 Å². The molecule has 0 aliphatic heterocycles. The highest BCUT2D eigenvalue weighted by Gasteiger charge is 2.28. The predicted octanol–water partition coefficient (Wildman–Crippen LogP) is 3.74. The molecule has 0 amide bonds. The number of carboxylic acids is 1. The van der Waals surface area contributed by atoms with E-state index in [0.29, 0.717) is 6.61 Å².